The lowest BCUT2D eigenvalue weighted by molar-refractivity contribution is 0.301. The smallest absolute Gasteiger partial charge is 0.291 e. The van der Waals surface area contributed by atoms with Gasteiger partial charge in [0.1, 0.15) is 11.3 Å². The molecule has 0 unspecified atom stereocenters. The summed E-state index contributed by atoms with van der Waals surface area (Å²) >= 11 is 1.22. The van der Waals surface area contributed by atoms with E-state index < -0.39 is 5.82 Å². The normalized spacial score (nSPS) is 12.1. The lowest BCUT2D eigenvalue weighted by Gasteiger charge is -2.07. The summed E-state index contributed by atoms with van der Waals surface area (Å²) < 4.78 is 29.9. The predicted octanol–water partition coefficient (Wildman–Crippen LogP) is 6.20. The van der Waals surface area contributed by atoms with E-state index in [0.717, 1.165) is 28.6 Å². The molecule has 0 atom stereocenters. The molecule has 8 nitrogen and oxygen atoms in total. The minimum absolute atomic E-state index is 0.191. The number of rotatable bonds is 7. The first-order chi connectivity index (χ1) is 20.5. The molecule has 7 rings (SSSR count). The molecule has 0 bridgehead atoms. The molecule has 0 aliphatic rings. The summed E-state index contributed by atoms with van der Waals surface area (Å²) in [6.07, 6.45) is 4.34. The van der Waals surface area contributed by atoms with Crippen molar-refractivity contribution in [2.45, 2.75) is 20.3 Å². The third kappa shape index (κ3) is 4.46. The van der Waals surface area contributed by atoms with Crippen molar-refractivity contribution >= 4 is 33.3 Å². The summed E-state index contributed by atoms with van der Waals surface area (Å²) in [6, 6.07) is 22.1. The van der Waals surface area contributed by atoms with Gasteiger partial charge in [-0.2, -0.15) is 14.6 Å². The average molecular weight is 578 g/mol. The first-order valence-electron chi connectivity index (χ1n) is 13.5. The average Bonchev–Trinajstić information content (AvgIpc) is 3.77. The highest BCUT2D eigenvalue weighted by molar-refractivity contribution is 7.15. The Morgan fingerprint density at radius 2 is 1.86 bits per heavy atom. The third-order valence-corrected chi connectivity index (χ3v) is 7.90. The van der Waals surface area contributed by atoms with Crippen molar-refractivity contribution in [2.75, 3.05) is 6.61 Å². The van der Waals surface area contributed by atoms with Crippen molar-refractivity contribution in [1.29, 1.82) is 0 Å². The van der Waals surface area contributed by atoms with Gasteiger partial charge < -0.3 is 9.15 Å². The van der Waals surface area contributed by atoms with Crippen LogP contribution < -0.4 is 14.8 Å². The van der Waals surface area contributed by atoms with E-state index in [2.05, 4.69) is 10.1 Å². The zero-order valence-corrected chi connectivity index (χ0v) is 23.6. The first-order valence-corrected chi connectivity index (χ1v) is 14.3. The van der Waals surface area contributed by atoms with Gasteiger partial charge in [0.05, 0.1) is 16.8 Å². The lowest BCUT2D eigenvalue weighted by atomic mass is 10.1. The van der Waals surface area contributed by atoms with Gasteiger partial charge in [-0.1, -0.05) is 54.7 Å². The topological polar surface area (TPSA) is 87.4 Å². The highest BCUT2D eigenvalue weighted by atomic mass is 32.1. The molecule has 0 aliphatic carbocycles. The van der Waals surface area contributed by atoms with Gasteiger partial charge in [0.25, 0.3) is 5.56 Å². The summed E-state index contributed by atoms with van der Waals surface area (Å²) in [6.45, 7) is 4.34. The Bertz CT molecular complexity index is 2200. The molecule has 7 aromatic rings. The van der Waals surface area contributed by atoms with Crippen molar-refractivity contribution in [2.24, 2.45) is 0 Å². The molecule has 208 valence electrons. The number of hydrogen-bond acceptors (Lipinski definition) is 7. The van der Waals surface area contributed by atoms with Crippen molar-refractivity contribution in [1.82, 2.24) is 24.4 Å². The van der Waals surface area contributed by atoms with Crippen LogP contribution in [0.3, 0.4) is 0 Å². The second-order valence-electron chi connectivity index (χ2n) is 9.80. The number of aromatic nitrogens is 5. The minimum atomic E-state index is -0.474. The quantitative estimate of drug-likeness (QED) is 0.224. The van der Waals surface area contributed by atoms with Crippen LogP contribution in [0, 0.1) is 12.7 Å². The lowest BCUT2D eigenvalue weighted by Crippen LogP contribution is -2.23. The number of benzene rings is 3. The molecule has 0 saturated carbocycles. The number of nitrogens with zero attached hydrogens (tertiary/aromatic N) is 5. The fraction of sp³-hybridized carbons (Fsp3) is 0.125. The Kier molecular flexibility index (Phi) is 6.39. The zero-order valence-electron chi connectivity index (χ0n) is 22.7. The Hall–Kier alpha value is -5.09. The first kappa shape index (κ1) is 25.8. The molecule has 3 aromatic carbocycles. The molecule has 42 heavy (non-hydrogen) atoms. The van der Waals surface area contributed by atoms with Gasteiger partial charge in [-0.15, -0.1) is 5.10 Å². The second-order valence-corrected chi connectivity index (χ2v) is 10.8. The monoisotopic (exact) mass is 577 g/mol. The maximum absolute atomic E-state index is 14.9. The minimum Gasteiger partial charge on any atom is -0.491 e. The van der Waals surface area contributed by atoms with E-state index in [4.69, 9.17) is 14.3 Å². The Labute approximate surface area is 242 Å². The molecule has 10 heteroatoms. The zero-order chi connectivity index (χ0) is 28.8. The maximum atomic E-state index is 14.9. The van der Waals surface area contributed by atoms with Gasteiger partial charge in [0.2, 0.25) is 10.8 Å². The summed E-state index contributed by atoms with van der Waals surface area (Å²) in [7, 11) is 0. The van der Waals surface area contributed by atoms with E-state index in [1.54, 1.807) is 22.9 Å². The van der Waals surface area contributed by atoms with E-state index in [0.29, 0.717) is 44.5 Å². The Morgan fingerprint density at radius 3 is 2.62 bits per heavy atom. The fourth-order valence-corrected chi connectivity index (χ4v) is 5.76. The van der Waals surface area contributed by atoms with Crippen LogP contribution in [0.25, 0.3) is 50.5 Å². The molecular formula is C32H24FN5O3S. The molecule has 4 heterocycles. The highest BCUT2D eigenvalue weighted by Crippen LogP contribution is 2.32. The van der Waals surface area contributed by atoms with E-state index in [-0.39, 0.29) is 11.3 Å². The molecule has 0 aliphatic heterocycles. The van der Waals surface area contributed by atoms with Gasteiger partial charge in [0, 0.05) is 28.3 Å². The number of ether oxygens (including phenoxy) is 1. The van der Waals surface area contributed by atoms with Crippen LogP contribution in [0.2, 0.25) is 0 Å². The summed E-state index contributed by atoms with van der Waals surface area (Å²) in [4.78, 5) is 18.5. The van der Waals surface area contributed by atoms with Crippen LogP contribution in [0.5, 0.6) is 5.75 Å². The molecule has 0 amide bonds. The van der Waals surface area contributed by atoms with E-state index in [9.17, 15) is 9.18 Å². The van der Waals surface area contributed by atoms with Crippen LogP contribution in [0.15, 0.2) is 88.2 Å². The number of para-hydroxylation sites is 2. The number of hydrogen-bond donors (Lipinski definition) is 0. The van der Waals surface area contributed by atoms with E-state index in [1.807, 2.05) is 74.6 Å². The number of halogens is 1. The van der Waals surface area contributed by atoms with Gasteiger partial charge in [-0.25, -0.2) is 9.07 Å². The van der Waals surface area contributed by atoms with Gasteiger partial charge in [-0.05, 0) is 55.8 Å². The largest absolute Gasteiger partial charge is 0.491 e. The van der Waals surface area contributed by atoms with Crippen LogP contribution >= 0.6 is 11.3 Å². The molecule has 0 N–H and O–H groups in total. The molecule has 0 saturated heterocycles. The molecule has 4 aromatic heterocycles. The number of thiazole rings is 1. The van der Waals surface area contributed by atoms with Crippen molar-refractivity contribution in [3.63, 3.8) is 0 Å². The van der Waals surface area contributed by atoms with Crippen molar-refractivity contribution in [3.8, 4) is 34.3 Å². The number of furan rings is 1. The second kappa shape index (κ2) is 10.4. The van der Waals surface area contributed by atoms with E-state index in [1.165, 1.54) is 21.9 Å². The summed E-state index contributed by atoms with van der Waals surface area (Å²) in [5, 5.41) is 10.2. The maximum Gasteiger partial charge on any atom is 0.291 e. The number of fused-ring (bicyclic) bond motifs is 2. The van der Waals surface area contributed by atoms with Crippen LogP contribution in [-0.2, 0) is 0 Å². The van der Waals surface area contributed by atoms with Crippen molar-refractivity contribution < 1.29 is 13.5 Å². The SMILES string of the molecule is CCCOc1ccc(-c2nn(-c3ccccc3)cc2C=c2sc3nc(-c4oc5ccccc5c4C)nn3c2=O)cc1F. The highest BCUT2D eigenvalue weighted by Gasteiger charge is 2.20. The Morgan fingerprint density at radius 1 is 1.05 bits per heavy atom. The molecular weight excluding hydrogens is 553 g/mol. The predicted molar refractivity (Wildman–Crippen MR) is 161 cm³/mol. The number of aryl methyl sites for hydroxylation is 1. The van der Waals surface area contributed by atoms with Gasteiger partial charge >= 0.3 is 0 Å². The van der Waals surface area contributed by atoms with Crippen LogP contribution in [-0.4, -0.2) is 31.0 Å². The van der Waals surface area contributed by atoms with Gasteiger partial charge in [0.15, 0.2) is 17.3 Å². The standard InChI is InChI=1S/C32H24FN5O3S/c1-3-15-40-26-14-13-20(16-24(26)33)28-21(18-37(35-28)22-9-5-4-6-10-22)17-27-31(39)38-32(42-27)34-30(36-38)29-19(2)23-11-7-8-12-25(23)41-29/h4-14,16-18H,3,15H2,1-2H3. The van der Waals surface area contributed by atoms with Crippen LogP contribution in [0.1, 0.15) is 24.5 Å². The summed E-state index contributed by atoms with van der Waals surface area (Å²) in [5.41, 5.74) is 3.91. The van der Waals surface area contributed by atoms with Crippen LogP contribution in [0.4, 0.5) is 4.39 Å². The molecule has 0 radical (unpaired) electrons. The van der Waals surface area contributed by atoms with Gasteiger partial charge in [-0.3, -0.25) is 4.79 Å². The summed E-state index contributed by atoms with van der Waals surface area (Å²) in [5.74, 6) is 0.614. The fourth-order valence-electron chi connectivity index (χ4n) is 4.87. The molecule has 0 fully saturated rings. The molecule has 0 spiro atoms. The Balaban J connectivity index is 1.33. The van der Waals surface area contributed by atoms with Crippen molar-refractivity contribution in [3.05, 3.63) is 111 Å². The van der Waals surface area contributed by atoms with E-state index >= 15 is 0 Å². The third-order valence-electron chi connectivity index (χ3n) is 6.95.